The third-order valence-corrected chi connectivity index (χ3v) is 5.33. The maximum Gasteiger partial charge on any atom is 0.387 e. The number of nitrogens with one attached hydrogen (secondary N) is 1. The number of ether oxygens (including phenoxy) is 1. The smallest absolute Gasteiger partial charge is 0.387 e. The lowest BCUT2D eigenvalue weighted by Gasteiger charge is -2.31. The van der Waals surface area contributed by atoms with E-state index in [1.807, 2.05) is 32.0 Å². The molecule has 160 valence electrons. The number of carbonyl (C=O) groups is 2. The fourth-order valence-electron chi connectivity index (χ4n) is 3.87. The molecule has 1 N–H and O–H groups in total. The van der Waals surface area contributed by atoms with Gasteiger partial charge in [-0.15, -0.1) is 0 Å². The van der Waals surface area contributed by atoms with Crippen molar-refractivity contribution in [3.63, 3.8) is 0 Å². The van der Waals surface area contributed by atoms with Crippen LogP contribution >= 0.6 is 0 Å². The van der Waals surface area contributed by atoms with E-state index in [9.17, 15) is 22.8 Å². The van der Waals surface area contributed by atoms with Crippen molar-refractivity contribution in [1.29, 1.82) is 0 Å². The summed E-state index contributed by atoms with van der Waals surface area (Å²) >= 11 is 0. The molecule has 0 radical (unpaired) electrons. The first-order valence-electron chi connectivity index (χ1n) is 9.53. The normalized spacial score (nSPS) is 18.9. The molecule has 2 aromatic rings. The Morgan fingerprint density at radius 3 is 2.50 bits per heavy atom. The van der Waals surface area contributed by atoms with E-state index in [2.05, 4.69) is 10.1 Å². The van der Waals surface area contributed by atoms with Gasteiger partial charge in [0.15, 0.2) is 5.75 Å². The van der Waals surface area contributed by atoms with Gasteiger partial charge in [0.2, 0.25) is 11.8 Å². The van der Waals surface area contributed by atoms with Gasteiger partial charge in [0.05, 0.1) is 5.69 Å². The molecule has 0 bridgehead atoms. The number of likely N-dealkylation sites (N-methyl/N-ethyl adjacent to an activating group) is 1. The van der Waals surface area contributed by atoms with Crippen LogP contribution in [0.25, 0.3) is 0 Å². The molecule has 1 aliphatic rings. The zero-order valence-corrected chi connectivity index (χ0v) is 16.9. The predicted octanol–water partition coefficient (Wildman–Crippen LogP) is 4.29. The summed E-state index contributed by atoms with van der Waals surface area (Å²) in [6.45, 7) is 0.921. The van der Waals surface area contributed by atoms with Gasteiger partial charge in [-0.1, -0.05) is 38.1 Å². The lowest BCUT2D eigenvalue weighted by Crippen LogP contribution is -2.43. The summed E-state index contributed by atoms with van der Waals surface area (Å²) in [5, 5.41) is 2.59. The van der Waals surface area contributed by atoms with Crippen molar-refractivity contribution < 1.29 is 27.5 Å². The van der Waals surface area contributed by atoms with Gasteiger partial charge in [-0.25, -0.2) is 4.39 Å². The average Bonchev–Trinajstić information content (AvgIpc) is 2.99. The van der Waals surface area contributed by atoms with Gasteiger partial charge in [0, 0.05) is 26.1 Å². The first kappa shape index (κ1) is 21.7. The molecule has 5 nitrogen and oxygen atoms in total. The van der Waals surface area contributed by atoms with Crippen molar-refractivity contribution in [3.05, 3.63) is 59.4 Å². The maximum absolute atomic E-state index is 13.5. The number of anilines is 1. The van der Waals surface area contributed by atoms with Crippen molar-refractivity contribution in [3.8, 4) is 5.75 Å². The zero-order valence-electron chi connectivity index (χ0n) is 16.9. The third-order valence-electron chi connectivity index (χ3n) is 5.33. The second-order valence-electron chi connectivity index (χ2n) is 7.72. The average molecular weight is 420 g/mol. The molecule has 1 unspecified atom stereocenters. The van der Waals surface area contributed by atoms with Crippen LogP contribution in [0.1, 0.15) is 37.3 Å². The van der Waals surface area contributed by atoms with Gasteiger partial charge < -0.3 is 15.0 Å². The number of benzene rings is 2. The summed E-state index contributed by atoms with van der Waals surface area (Å²) < 4.78 is 43.4. The van der Waals surface area contributed by atoms with Gasteiger partial charge in [0.25, 0.3) is 0 Å². The lowest BCUT2D eigenvalue weighted by atomic mass is 9.74. The summed E-state index contributed by atoms with van der Waals surface area (Å²) in [6.07, 6.45) is -0.0642. The first-order chi connectivity index (χ1) is 14.1. The van der Waals surface area contributed by atoms with Crippen LogP contribution in [-0.4, -0.2) is 36.9 Å². The van der Waals surface area contributed by atoms with E-state index < -0.39 is 29.5 Å². The summed E-state index contributed by atoms with van der Waals surface area (Å²) in [5.74, 6) is -1.91. The molecule has 1 fully saturated rings. The van der Waals surface area contributed by atoms with E-state index in [0.29, 0.717) is 5.56 Å². The second-order valence-corrected chi connectivity index (χ2v) is 7.72. The number of likely N-dealkylation sites (tertiary alicyclic amines) is 1. The monoisotopic (exact) mass is 420 g/mol. The molecule has 0 spiro atoms. The van der Waals surface area contributed by atoms with E-state index in [1.54, 1.807) is 13.1 Å². The molecule has 8 heteroatoms. The minimum absolute atomic E-state index is 0.0642. The topological polar surface area (TPSA) is 58.6 Å². The van der Waals surface area contributed by atoms with Crippen LogP contribution in [0.15, 0.2) is 42.5 Å². The van der Waals surface area contributed by atoms with Crippen LogP contribution in [0.3, 0.4) is 0 Å². The number of nitrogens with zero attached hydrogens (tertiary/aromatic N) is 1. The summed E-state index contributed by atoms with van der Waals surface area (Å²) in [6, 6.07) is 10.3. The Bertz CT molecular complexity index is 964. The van der Waals surface area contributed by atoms with Crippen LogP contribution in [0, 0.1) is 5.82 Å². The molecule has 1 aliphatic heterocycles. The summed E-state index contributed by atoms with van der Waals surface area (Å²) in [4.78, 5) is 27.4. The third kappa shape index (κ3) is 4.13. The van der Waals surface area contributed by atoms with Crippen LogP contribution in [0.4, 0.5) is 18.9 Å². The highest BCUT2D eigenvalue weighted by molar-refractivity contribution is 6.05. The van der Waals surface area contributed by atoms with Gasteiger partial charge in [-0.2, -0.15) is 8.78 Å². The van der Waals surface area contributed by atoms with Crippen LogP contribution in [0.5, 0.6) is 5.75 Å². The Balaban J connectivity index is 2.06. The molecule has 30 heavy (non-hydrogen) atoms. The molecule has 0 aromatic heterocycles. The molecule has 0 saturated carbocycles. The Labute approximate surface area is 172 Å². The molecule has 1 heterocycles. The number of hydrogen-bond acceptors (Lipinski definition) is 3. The van der Waals surface area contributed by atoms with E-state index in [-0.39, 0.29) is 30.5 Å². The maximum atomic E-state index is 13.5. The quantitative estimate of drug-likeness (QED) is 0.759. The van der Waals surface area contributed by atoms with Crippen molar-refractivity contribution in [2.24, 2.45) is 0 Å². The Morgan fingerprint density at radius 2 is 1.90 bits per heavy atom. The van der Waals surface area contributed by atoms with Crippen molar-refractivity contribution >= 4 is 17.5 Å². The first-order valence-corrected chi connectivity index (χ1v) is 9.53. The highest BCUT2D eigenvalue weighted by Gasteiger charge is 2.50. The minimum atomic E-state index is -3.18. The highest BCUT2D eigenvalue weighted by Crippen LogP contribution is 2.40. The van der Waals surface area contributed by atoms with Crippen LogP contribution < -0.4 is 10.1 Å². The molecule has 1 atom stereocenters. The van der Waals surface area contributed by atoms with Crippen molar-refractivity contribution in [2.75, 3.05) is 18.9 Å². The van der Waals surface area contributed by atoms with Gasteiger partial charge in [0.1, 0.15) is 11.2 Å². The number of carbonyl (C=O) groups excluding carboxylic acids is 2. The number of amides is 2. The second kappa shape index (κ2) is 8.38. The molecule has 1 saturated heterocycles. The Morgan fingerprint density at radius 1 is 1.20 bits per heavy atom. The predicted molar refractivity (Wildman–Crippen MR) is 106 cm³/mol. The molecule has 2 amide bonds. The molecular formula is C22H23F3N2O3. The van der Waals surface area contributed by atoms with Crippen LogP contribution in [0.2, 0.25) is 0 Å². The van der Waals surface area contributed by atoms with E-state index in [1.165, 1.54) is 4.90 Å². The zero-order chi connectivity index (χ0) is 22.1. The highest BCUT2D eigenvalue weighted by atomic mass is 19.3. The van der Waals surface area contributed by atoms with Gasteiger partial charge in [-0.3, -0.25) is 9.59 Å². The Kier molecular flexibility index (Phi) is 6.05. The van der Waals surface area contributed by atoms with Gasteiger partial charge in [-0.05, 0) is 29.2 Å². The number of hydrogen-bond donors (Lipinski definition) is 1. The minimum Gasteiger partial charge on any atom is -0.432 e. The number of halogens is 3. The van der Waals surface area contributed by atoms with E-state index in [4.69, 9.17) is 0 Å². The number of alkyl halides is 2. The fourth-order valence-corrected chi connectivity index (χ4v) is 3.87. The fraction of sp³-hybridized carbons (Fsp3) is 0.364. The van der Waals surface area contributed by atoms with E-state index in [0.717, 1.165) is 23.8 Å². The molecule has 2 aromatic carbocycles. The molecule has 3 rings (SSSR count). The van der Waals surface area contributed by atoms with Gasteiger partial charge >= 0.3 is 6.61 Å². The SMILES string of the molecule is CC(C)c1ccccc1C1(C(=O)Nc2ccc(F)cc2OC(F)F)CC(=O)N(C)C1. The Hall–Kier alpha value is -3.03. The standard InChI is InChI=1S/C22H23F3N2O3/c1-13(2)15-6-4-5-7-16(15)22(11-19(28)27(3)12-22)20(29)26-17-9-8-14(23)10-18(17)30-21(24)25/h4-10,13,21H,11-12H2,1-3H3,(H,26,29). The van der Waals surface area contributed by atoms with Crippen LogP contribution in [-0.2, 0) is 15.0 Å². The van der Waals surface area contributed by atoms with Crippen molar-refractivity contribution in [1.82, 2.24) is 4.90 Å². The van der Waals surface area contributed by atoms with Crippen molar-refractivity contribution in [2.45, 2.75) is 38.2 Å². The molecular weight excluding hydrogens is 397 g/mol. The lowest BCUT2D eigenvalue weighted by molar-refractivity contribution is -0.127. The summed E-state index contributed by atoms with van der Waals surface area (Å²) in [5.41, 5.74) is 0.307. The number of rotatable bonds is 6. The van der Waals surface area contributed by atoms with E-state index >= 15 is 0 Å². The summed E-state index contributed by atoms with van der Waals surface area (Å²) in [7, 11) is 1.61. The largest absolute Gasteiger partial charge is 0.432 e. The molecule has 0 aliphatic carbocycles.